The van der Waals surface area contributed by atoms with Crippen molar-refractivity contribution in [3.63, 3.8) is 0 Å². The second kappa shape index (κ2) is 6.22. The van der Waals surface area contributed by atoms with E-state index in [1.165, 1.54) is 17.9 Å². The van der Waals surface area contributed by atoms with Gasteiger partial charge in [-0.25, -0.2) is 0 Å². The molecule has 19 heavy (non-hydrogen) atoms. The third kappa shape index (κ3) is 3.47. The molecule has 0 aliphatic rings. The van der Waals surface area contributed by atoms with Crippen LogP contribution in [0.1, 0.15) is 47.4 Å². The summed E-state index contributed by atoms with van der Waals surface area (Å²) in [5.41, 5.74) is 0.0617. The highest BCUT2D eigenvalue weighted by molar-refractivity contribution is 6.03. The summed E-state index contributed by atoms with van der Waals surface area (Å²) in [5.74, 6) is -1.37. The maximum Gasteiger partial charge on any atom is 0.257 e. The second-order valence-electron chi connectivity index (χ2n) is 4.52. The summed E-state index contributed by atoms with van der Waals surface area (Å²) in [6, 6.07) is 2.26. The van der Waals surface area contributed by atoms with Gasteiger partial charge < -0.3 is 15.1 Å². The fourth-order valence-electron chi connectivity index (χ4n) is 1.73. The standard InChI is InChI=1S/C14H19NO4/c1-4-5-6-15(3)14(19)11-7-10(9(2)16)12(17)8-13(11)18/h7-8,17-18H,4-6H2,1-3H3. The molecule has 104 valence electrons. The lowest BCUT2D eigenvalue weighted by molar-refractivity contribution is 0.0790. The van der Waals surface area contributed by atoms with Crippen molar-refractivity contribution in [3.8, 4) is 11.5 Å². The summed E-state index contributed by atoms with van der Waals surface area (Å²) in [7, 11) is 1.64. The zero-order chi connectivity index (χ0) is 14.6. The number of unbranched alkanes of at least 4 members (excludes halogenated alkanes) is 1. The maximum absolute atomic E-state index is 12.1. The fourth-order valence-corrected chi connectivity index (χ4v) is 1.73. The van der Waals surface area contributed by atoms with Crippen molar-refractivity contribution in [1.29, 1.82) is 0 Å². The molecule has 1 amide bonds. The highest BCUT2D eigenvalue weighted by atomic mass is 16.3. The first-order valence-electron chi connectivity index (χ1n) is 6.20. The highest BCUT2D eigenvalue weighted by Crippen LogP contribution is 2.28. The Labute approximate surface area is 112 Å². The van der Waals surface area contributed by atoms with Crippen LogP contribution in [0.5, 0.6) is 11.5 Å². The predicted octanol–water partition coefficient (Wildman–Crippen LogP) is 2.17. The Bertz CT molecular complexity index is 496. The number of carbonyl (C=O) groups is 2. The minimum atomic E-state index is -0.367. The van der Waals surface area contributed by atoms with E-state index in [1.807, 2.05) is 6.92 Å². The monoisotopic (exact) mass is 265 g/mol. The lowest BCUT2D eigenvalue weighted by atomic mass is 10.0. The van der Waals surface area contributed by atoms with Gasteiger partial charge in [0, 0.05) is 19.7 Å². The fraction of sp³-hybridized carbons (Fsp3) is 0.429. The molecule has 0 saturated heterocycles. The van der Waals surface area contributed by atoms with Crippen LogP contribution in [0.2, 0.25) is 0 Å². The van der Waals surface area contributed by atoms with Crippen molar-refractivity contribution < 1.29 is 19.8 Å². The van der Waals surface area contributed by atoms with Gasteiger partial charge in [-0.2, -0.15) is 0 Å². The van der Waals surface area contributed by atoms with E-state index in [2.05, 4.69) is 0 Å². The number of nitrogens with zero attached hydrogens (tertiary/aromatic N) is 1. The molecule has 1 aromatic rings. The molecular formula is C14H19NO4. The lowest BCUT2D eigenvalue weighted by Gasteiger charge is -2.18. The van der Waals surface area contributed by atoms with Gasteiger partial charge in [0.15, 0.2) is 5.78 Å². The van der Waals surface area contributed by atoms with Crippen LogP contribution in [0.15, 0.2) is 12.1 Å². The zero-order valence-electron chi connectivity index (χ0n) is 11.4. The quantitative estimate of drug-likeness (QED) is 0.800. The number of Topliss-reactive ketones (excluding diaryl/α,β-unsaturated/α-hetero) is 1. The van der Waals surface area contributed by atoms with Gasteiger partial charge in [0.25, 0.3) is 5.91 Å². The van der Waals surface area contributed by atoms with Crippen LogP contribution in [-0.2, 0) is 0 Å². The molecular weight excluding hydrogens is 246 g/mol. The molecule has 5 nitrogen and oxygen atoms in total. The maximum atomic E-state index is 12.1. The van der Waals surface area contributed by atoms with Gasteiger partial charge in [-0.15, -0.1) is 0 Å². The first-order chi connectivity index (χ1) is 8.88. The molecule has 1 rings (SSSR count). The average molecular weight is 265 g/mol. The van der Waals surface area contributed by atoms with E-state index in [9.17, 15) is 19.8 Å². The Hall–Kier alpha value is -2.04. The Morgan fingerprint density at radius 1 is 1.16 bits per heavy atom. The van der Waals surface area contributed by atoms with Crippen LogP contribution in [-0.4, -0.2) is 40.4 Å². The number of hydrogen-bond donors (Lipinski definition) is 2. The van der Waals surface area contributed by atoms with E-state index >= 15 is 0 Å². The van der Waals surface area contributed by atoms with Crippen molar-refractivity contribution in [2.75, 3.05) is 13.6 Å². The first-order valence-corrected chi connectivity index (χ1v) is 6.20. The predicted molar refractivity (Wildman–Crippen MR) is 71.6 cm³/mol. The molecule has 0 aliphatic heterocycles. The number of phenolic OH excluding ortho intramolecular Hbond substituents is 2. The summed E-state index contributed by atoms with van der Waals surface area (Å²) >= 11 is 0. The normalized spacial score (nSPS) is 10.3. The number of hydrogen-bond acceptors (Lipinski definition) is 4. The van der Waals surface area contributed by atoms with E-state index in [0.717, 1.165) is 18.9 Å². The smallest absolute Gasteiger partial charge is 0.257 e. The van der Waals surface area contributed by atoms with E-state index in [1.54, 1.807) is 7.05 Å². The molecule has 0 radical (unpaired) electrons. The number of carbonyl (C=O) groups excluding carboxylic acids is 2. The van der Waals surface area contributed by atoms with Crippen molar-refractivity contribution in [3.05, 3.63) is 23.3 Å². The number of rotatable bonds is 5. The molecule has 0 aromatic heterocycles. The topological polar surface area (TPSA) is 77.8 Å². The Kier molecular flexibility index (Phi) is 4.92. The van der Waals surface area contributed by atoms with E-state index in [0.29, 0.717) is 6.54 Å². The van der Waals surface area contributed by atoms with Crippen LogP contribution in [0.3, 0.4) is 0 Å². The van der Waals surface area contributed by atoms with Gasteiger partial charge >= 0.3 is 0 Å². The van der Waals surface area contributed by atoms with Gasteiger partial charge in [-0.1, -0.05) is 13.3 Å². The summed E-state index contributed by atoms with van der Waals surface area (Å²) in [4.78, 5) is 24.9. The summed E-state index contributed by atoms with van der Waals surface area (Å²) in [5, 5.41) is 19.3. The van der Waals surface area contributed by atoms with Crippen LogP contribution < -0.4 is 0 Å². The van der Waals surface area contributed by atoms with Crippen LogP contribution >= 0.6 is 0 Å². The number of benzene rings is 1. The average Bonchev–Trinajstić information content (AvgIpc) is 2.34. The summed E-state index contributed by atoms with van der Waals surface area (Å²) < 4.78 is 0. The Balaban J connectivity index is 3.09. The molecule has 0 unspecified atom stereocenters. The number of ketones is 1. The van der Waals surface area contributed by atoms with Crippen LogP contribution in [0.25, 0.3) is 0 Å². The molecule has 0 bridgehead atoms. The molecule has 0 heterocycles. The number of amides is 1. The van der Waals surface area contributed by atoms with Crippen LogP contribution in [0.4, 0.5) is 0 Å². The SMILES string of the molecule is CCCCN(C)C(=O)c1cc(C(C)=O)c(O)cc1O. The first kappa shape index (κ1) is 15.0. The van der Waals surface area contributed by atoms with E-state index in [-0.39, 0.29) is 34.3 Å². The molecule has 2 N–H and O–H groups in total. The zero-order valence-corrected chi connectivity index (χ0v) is 11.4. The molecule has 0 spiro atoms. The van der Waals surface area contributed by atoms with Crippen molar-refractivity contribution >= 4 is 11.7 Å². The molecule has 5 heteroatoms. The number of aromatic hydroxyl groups is 2. The van der Waals surface area contributed by atoms with Crippen LogP contribution in [0, 0.1) is 0 Å². The molecule has 0 atom stereocenters. The Morgan fingerprint density at radius 2 is 1.74 bits per heavy atom. The molecule has 0 fully saturated rings. The number of phenols is 2. The van der Waals surface area contributed by atoms with Gasteiger partial charge in [0.1, 0.15) is 11.5 Å². The molecule has 0 saturated carbocycles. The van der Waals surface area contributed by atoms with Gasteiger partial charge in [0.05, 0.1) is 11.1 Å². The minimum Gasteiger partial charge on any atom is -0.507 e. The summed E-state index contributed by atoms with van der Waals surface area (Å²) in [6.45, 7) is 3.89. The van der Waals surface area contributed by atoms with Gasteiger partial charge in [-0.3, -0.25) is 9.59 Å². The molecule has 0 aliphatic carbocycles. The van der Waals surface area contributed by atoms with E-state index < -0.39 is 0 Å². The lowest BCUT2D eigenvalue weighted by Crippen LogP contribution is -2.27. The second-order valence-corrected chi connectivity index (χ2v) is 4.52. The largest absolute Gasteiger partial charge is 0.507 e. The van der Waals surface area contributed by atoms with Gasteiger partial charge in [-0.05, 0) is 19.4 Å². The van der Waals surface area contributed by atoms with Crippen molar-refractivity contribution in [2.24, 2.45) is 0 Å². The van der Waals surface area contributed by atoms with Gasteiger partial charge in [0.2, 0.25) is 0 Å². The minimum absolute atomic E-state index is 0.0293. The molecule has 1 aromatic carbocycles. The van der Waals surface area contributed by atoms with E-state index in [4.69, 9.17) is 0 Å². The van der Waals surface area contributed by atoms with Crippen molar-refractivity contribution in [1.82, 2.24) is 4.90 Å². The highest BCUT2D eigenvalue weighted by Gasteiger charge is 2.19. The third-order valence-electron chi connectivity index (χ3n) is 2.92. The third-order valence-corrected chi connectivity index (χ3v) is 2.92. The summed E-state index contributed by atoms with van der Waals surface area (Å²) in [6.07, 6.45) is 1.82. The Morgan fingerprint density at radius 3 is 2.26 bits per heavy atom. The van der Waals surface area contributed by atoms with Crippen molar-refractivity contribution in [2.45, 2.75) is 26.7 Å².